The lowest BCUT2D eigenvalue weighted by atomic mass is 10.1. The maximum Gasteiger partial charge on any atom is 0.337 e. The van der Waals surface area contributed by atoms with Crippen molar-refractivity contribution < 1.29 is 14.3 Å². The van der Waals surface area contributed by atoms with E-state index >= 15 is 0 Å². The van der Waals surface area contributed by atoms with E-state index in [1.807, 2.05) is 30.3 Å². The number of hydrogen-bond donors (Lipinski definition) is 1. The Kier molecular flexibility index (Phi) is 6.25. The number of carbonyl (C=O) groups is 2. The molecule has 0 atom stereocenters. The predicted octanol–water partition coefficient (Wildman–Crippen LogP) is 3.88. The number of rotatable bonds is 7. The molecule has 0 aliphatic carbocycles. The first kappa shape index (κ1) is 18.4. The van der Waals surface area contributed by atoms with Crippen LogP contribution in [0.5, 0.6) is 0 Å². The van der Waals surface area contributed by atoms with E-state index in [-0.39, 0.29) is 11.9 Å². The quantitative estimate of drug-likeness (QED) is 0.493. The van der Waals surface area contributed by atoms with Gasteiger partial charge in [0.15, 0.2) is 4.34 Å². The van der Waals surface area contributed by atoms with Crippen molar-refractivity contribution in [3.63, 3.8) is 0 Å². The van der Waals surface area contributed by atoms with Gasteiger partial charge in [-0.3, -0.25) is 4.79 Å². The van der Waals surface area contributed by atoms with Crippen LogP contribution in [0.15, 0.2) is 52.9 Å². The van der Waals surface area contributed by atoms with Crippen LogP contribution in [0.25, 0.3) is 10.2 Å². The van der Waals surface area contributed by atoms with Gasteiger partial charge in [0.25, 0.3) is 0 Å². The molecule has 1 amide bonds. The molecular weight excluding hydrogens is 368 g/mol. The number of thioether (sulfide) groups is 1. The summed E-state index contributed by atoms with van der Waals surface area (Å²) in [5.41, 5.74) is 2.43. The van der Waals surface area contributed by atoms with E-state index in [0.29, 0.717) is 24.3 Å². The Bertz CT molecular complexity index is 874. The summed E-state index contributed by atoms with van der Waals surface area (Å²) in [6.45, 7) is 0.437. The second kappa shape index (κ2) is 8.82. The predicted molar refractivity (Wildman–Crippen MR) is 105 cm³/mol. The van der Waals surface area contributed by atoms with Gasteiger partial charge in [-0.05, 0) is 29.8 Å². The van der Waals surface area contributed by atoms with Gasteiger partial charge in [0.05, 0.1) is 22.9 Å². The van der Waals surface area contributed by atoms with Crippen LogP contribution >= 0.6 is 23.1 Å². The smallest absolute Gasteiger partial charge is 0.337 e. The van der Waals surface area contributed by atoms with Crippen LogP contribution in [0.4, 0.5) is 0 Å². The number of hydrogen-bond acceptors (Lipinski definition) is 6. The van der Waals surface area contributed by atoms with Crippen molar-refractivity contribution in [2.75, 3.05) is 12.9 Å². The first-order valence-electron chi connectivity index (χ1n) is 8.08. The average molecular weight is 386 g/mol. The van der Waals surface area contributed by atoms with Crippen molar-refractivity contribution in [3.8, 4) is 0 Å². The van der Waals surface area contributed by atoms with E-state index in [9.17, 15) is 9.59 Å². The number of para-hydroxylation sites is 1. The molecule has 134 valence electrons. The lowest BCUT2D eigenvalue weighted by Gasteiger charge is -2.06. The average Bonchev–Trinajstić information content (AvgIpc) is 3.09. The zero-order valence-electron chi connectivity index (χ0n) is 14.2. The number of amides is 1. The second-order valence-electron chi connectivity index (χ2n) is 5.51. The number of methoxy groups -OCH3 is 1. The summed E-state index contributed by atoms with van der Waals surface area (Å²) < 4.78 is 6.80. The molecule has 7 heteroatoms. The minimum atomic E-state index is -0.368. The molecule has 0 saturated heterocycles. The second-order valence-corrected chi connectivity index (χ2v) is 7.88. The molecule has 3 aromatic rings. The fourth-order valence-electron chi connectivity index (χ4n) is 2.31. The van der Waals surface area contributed by atoms with Crippen molar-refractivity contribution in [2.45, 2.75) is 17.3 Å². The lowest BCUT2D eigenvalue weighted by Crippen LogP contribution is -2.23. The van der Waals surface area contributed by atoms with Crippen molar-refractivity contribution in [1.29, 1.82) is 0 Å². The number of nitrogens with zero attached hydrogens (tertiary/aromatic N) is 1. The molecule has 1 N–H and O–H groups in total. The van der Waals surface area contributed by atoms with E-state index in [0.717, 1.165) is 20.1 Å². The Morgan fingerprint density at radius 2 is 1.92 bits per heavy atom. The number of fused-ring (bicyclic) bond motifs is 1. The molecule has 0 saturated carbocycles. The number of nitrogens with one attached hydrogen (secondary N) is 1. The third-order valence-corrected chi connectivity index (χ3v) is 5.87. The van der Waals surface area contributed by atoms with Crippen LogP contribution in [0.3, 0.4) is 0 Å². The van der Waals surface area contributed by atoms with Gasteiger partial charge in [-0.25, -0.2) is 9.78 Å². The number of ether oxygens (including phenoxy) is 1. The maximum atomic E-state index is 12.0. The van der Waals surface area contributed by atoms with Crippen molar-refractivity contribution in [1.82, 2.24) is 10.3 Å². The summed E-state index contributed by atoms with van der Waals surface area (Å²) in [5, 5.41) is 2.89. The zero-order chi connectivity index (χ0) is 18.4. The molecule has 0 unspecified atom stereocenters. The number of benzene rings is 2. The highest BCUT2D eigenvalue weighted by Gasteiger charge is 2.07. The third-order valence-electron chi connectivity index (χ3n) is 3.69. The van der Waals surface area contributed by atoms with Gasteiger partial charge in [-0.1, -0.05) is 36.0 Å². The van der Waals surface area contributed by atoms with Gasteiger partial charge in [0.1, 0.15) is 0 Å². The van der Waals surface area contributed by atoms with Crippen LogP contribution in [0.2, 0.25) is 0 Å². The number of esters is 1. The van der Waals surface area contributed by atoms with Crippen molar-refractivity contribution in [2.24, 2.45) is 0 Å². The number of aromatic nitrogens is 1. The third kappa shape index (κ3) is 4.83. The van der Waals surface area contributed by atoms with E-state index in [4.69, 9.17) is 0 Å². The summed E-state index contributed by atoms with van der Waals surface area (Å²) >= 11 is 3.25. The Labute approximate surface area is 159 Å². The summed E-state index contributed by atoms with van der Waals surface area (Å²) in [7, 11) is 1.35. The number of carbonyl (C=O) groups excluding carboxylic acids is 2. The first-order chi connectivity index (χ1) is 12.7. The molecule has 0 fully saturated rings. The number of thiazole rings is 1. The molecule has 0 bridgehead atoms. The van der Waals surface area contributed by atoms with Crippen LogP contribution < -0.4 is 5.32 Å². The van der Waals surface area contributed by atoms with E-state index in [1.165, 1.54) is 7.11 Å². The van der Waals surface area contributed by atoms with Crippen LogP contribution in [-0.2, 0) is 16.1 Å². The van der Waals surface area contributed by atoms with Gasteiger partial charge in [-0.2, -0.15) is 0 Å². The first-order valence-corrected chi connectivity index (χ1v) is 9.88. The molecule has 0 aliphatic rings. The maximum absolute atomic E-state index is 12.0. The van der Waals surface area contributed by atoms with Crippen LogP contribution in [0.1, 0.15) is 22.3 Å². The molecule has 0 aliphatic heterocycles. The lowest BCUT2D eigenvalue weighted by molar-refractivity contribution is -0.120. The van der Waals surface area contributed by atoms with E-state index in [1.54, 1.807) is 35.2 Å². The molecular formula is C19H18N2O3S2. The standard InChI is InChI=1S/C19H18N2O3S2/c1-24-18(23)14-8-6-13(7-9-14)12-20-17(22)10-11-25-19-21-15-4-2-3-5-16(15)26-19/h2-9H,10-12H2,1H3,(H,20,22). The summed E-state index contributed by atoms with van der Waals surface area (Å²) in [4.78, 5) is 27.9. The normalized spacial score (nSPS) is 10.7. The van der Waals surface area contributed by atoms with E-state index < -0.39 is 0 Å². The van der Waals surface area contributed by atoms with Gasteiger partial charge in [-0.15, -0.1) is 11.3 Å². The molecule has 5 nitrogen and oxygen atoms in total. The zero-order valence-corrected chi connectivity index (χ0v) is 15.9. The molecule has 0 radical (unpaired) electrons. The highest BCUT2D eigenvalue weighted by atomic mass is 32.2. The fraction of sp³-hybridized carbons (Fsp3) is 0.211. The Morgan fingerprint density at radius 3 is 2.65 bits per heavy atom. The summed E-state index contributed by atoms with van der Waals surface area (Å²) in [6.07, 6.45) is 0.431. The van der Waals surface area contributed by atoms with Gasteiger partial charge < -0.3 is 10.1 Å². The van der Waals surface area contributed by atoms with Gasteiger partial charge in [0.2, 0.25) is 5.91 Å². The Balaban J connectivity index is 1.42. The Morgan fingerprint density at radius 1 is 1.15 bits per heavy atom. The van der Waals surface area contributed by atoms with Crippen LogP contribution in [-0.4, -0.2) is 29.7 Å². The summed E-state index contributed by atoms with van der Waals surface area (Å²) in [5.74, 6) is 0.315. The molecule has 0 spiro atoms. The highest BCUT2D eigenvalue weighted by molar-refractivity contribution is 8.01. The largest absolute Gasteiger partial charge is 0.465 e. The van der Waals surface area contributed by atoms with Crippen molar-refractivity contribution in [3.05, 3.63) is 59.7 Å². The molecule has 2 aromatic carbocycles. The topological polar surface area (TPSA) is 68.3 Å². The van der Waals surface area contributed by atoms with Crippen LogP contribution in [0, 0.1) is 0 Å². The van der Waals surface area contributed by atoms with Gasteiger partial charge in [0, 0.05) is 18.7 Å². The Hall–Kier alpha value is -2.38. The minimum Gasteiger partial charge on any atom is -0.465 e. The molecule has 3 rings (SSSR count). The van der Waals surface area contributed by atoms with Crippen molar-refractivity contribution >= 4 is 45.2 Å². The van der Waals surface area contributed by atoms with Gasteiger partial charge >= 0.3 is 5.97 Å². The fourth-order valence-corrected chi connectivity index (χ4v) is 4.39. The molecule has 1 aromatic heterocycles. The summed E-state index contributed by atoms with van der Waals surface area (Å²) in [6, 6.07) is 15.0. The highest BCUT2D eigenvalue weighted by Crippen LogP contribution is 2.29. The SMILES string of the molecule is COC(=O)c1ccc(CNC(=O)CCSc2nc3ccccc3s2)cc1. The molecule has 26 heavy (non-hydrogen) atoms. The molecule has 1 heterocycles. The minimum absolute atomic E-state index is 0.00402. The van der Waals surface area contributed by atoms with E-state index in [2.05, 4.69) is 21.1 Å². The monoisotopic (exact) mass is 386 g/mol.